The molecule has 1 unspecified atom stereocenters. The molecule has 0 heterocycles. The summed E-state index contributed by atoms with van der Waals surface area (Å²) in [6.45, 7) is 4.43. The fraction of sp³-hybridized carbons (Fsp3) is 0.333. The molecule has 2 heteroatoms. The highest BCUT2D eigenvalue weighted by Crippen LogP contribution is 2.19. The molecule has 0 aliphatic carbocycles. The highest BCUT2D eigenvalue weighted by Gasteiger charge is 2.08. The zero-order chi connectivity index (χ0) is 14.5. The molecule has 0 bridgehead atoms. The lowest BCUT2D eigenvalue weighted by Gasteiger charge is -2.14. The smallest absolute Gasteiger partial charge is 0.0207 e. The molecule has 0 aliphatic heterocycles. The number of halogens is 1. The van der Waals surface area contributed by atoms with E-state index >= 15 is 0 Å². The molecule has 0 aliphatic rings. The van der Waals surface area contributed by atoms with E-state index in [-0.39, 0.29) is 6.04 Å². The zero-order valence-electron chi connectivity index (χ0n) is 12.1. The minimum Gasteiger partial charge on any atom is -0.327 e. The molecule has 0 spiro atoms. The molecule has 0 fully saturated rings. The first-order chi connectivity index (χ1) is 9.56. The fourth-order valence-electron chi connectivity index (χ4n) is 2.36. The van der Waals surface area contributed by atoms with Crippen LogP contribution in [0.15, 0.2) is 53.0 Å². The van der Waals surface area contributed by atoms with Crippen LogP contribution in [0.4, 0.5) is 0 Å². The second-order valence-corrected chi connectivity index (χ2v) is 6.51. The Morgan fingerprint density at radius 1 is 0.950 bits per heavy atom. The molecular formula is C18H22BrN. The molecule has 0 saturated carbocycles. The van der Waals surface area contributed by atoms with E-state index in [9.17, 15) is 0 Å². The molecule has 1 atom stereocenters. The molecule has 0 aromatic heterocycles. The van der Waals surface area contributed by atoms with E-state index in [0.717, 1.165) is 17.3 Å². The summed E-state index contributed by atoms with van der Waals surface area (Å²) in [5.41, 5.74) is 10.3. The van der Waals surface area contributed by atoms with Crippen LogP contribution in [0.3, 0.4) is 0 Å². The Morgan fingerprint density at radius 2 is 1.60 bits per heavy atom. The van der Waals surface area contributed by atoms with E-state index in [2.05, 4.69) is 72.2 Å². The van der Waals surface area contributed by atoms with Crippen molar-refractivity contribution >= 4 is 15.9 Å². The Morgan fingerprint density at radius 3 is 2.20 bits per heavy atom. The molecule has 2 rings (SSSR count). The van der Waals surface area contributed by atoms with Crippen molar-refractivity contribution in [2.45, 2.75) is 38.6 Å². The lowest BCUT2D eigenvalue weighted by Crippen LogP contribution is -2.25. The third kappa shape index (κ3) is 4.19. The summed E-state index contributed by atoms with van der Waals surface area (Å²) >= 11 is 3.58. The number of benzene rings is 2. The summed E-state index contributed by atoms with van der Waals surface area (Å²) in [6.07, 6.45) is 1.81. The molecule has 0 saturated heterocycles. The third-order valence-corrected chi connectivity index (χ3v) is 4.36. The Hall–Kier alpha value is -1.12. The van der Waals surface area contributed by atoms with Gasteiger partial charge < -0.3 is 5.73 Å². The predicted molar refractivity (Wildman–Crippen MR) is 90.1 cm³/mol. The molecule has 2 aromatic rings. The Balaban J connectivity index is 1.97. The molecule has 106 valence electrons. The summed E-state index contributed by atoms with van der Waals surface area (Å²) in [4.78, 5) is 0. The first-order valence-corrected chi connectivity index (χ1v) is 7.93. The van der Waals surface area contributed by atoms with E-state index in [4.69, 9.17) is 5.73 Å². The molecule has 0 radical (unpaired) electrons. The second-order valence-electron chi connectivity index (χ2n) is 5.66. The number of rotatable bonds is 5. The van der Waals surface area contributed by atoms with Gasteiger partial charge in [0, 0.05) is 10.5 Å². The van der Waals surface area contributed by atoms with Gasteiger partial charge in [-0.3, -0.25) is 0 Å². The Kier molecular flexibility index (Phi) is 5.38. The van der Waals surface area contributed by atoms with Gasteiger partial charge in [0.25, 0.3) is 0 Å². The van der Waals surface area contributed by atoms with Gasteiger partial charge in [0.2, 0.25) is 0 Å². The number of hydrogen-bond donors (Lipinski definition) is 1. The molecule has 0 amide bonds. The number of nitrogens with two attached hydrogens (primary N) is 1. The molecule has 20 heavy (non-hydrogen) atoms. The van der Waals surface area contributed by atoms with Crippen LogP contribution in [0, 0.1) is 0 Å². The van der Waals surface area contributed by atoms with Crippen LogP contribution >= 0.6 is 15.9 Å². The molecular weight excluding hydrogens is 310 g/mol. The average Bonchev–Trinajstić information content (AvgIpc) is 2.42. The first kappa shape index (κ1) is 15.3. The van der Waals surface area contributed by atoms with E-state index in [1.165, 1.54) is 16.7 Å². The zero-order valence-corrected chi connectivity index (χ0v) is 13.7. The third-order valence-electron chi connectivity index (χ3n) is 3.58. The lowest BCUT2D eigenvalue weighted by atomic mass is 9.97. The van der Waals surface area contributed by atoms with Crippen molar-refractivity contribution in [2.75, 3.05) is 0 Å². The topological polar surface area (TPSA) is 26.0 Å². The summed E-state index contributed by atoms with van der Waals surface area (Å²) in [6, 6.07) is 17.3. The van der Waals surface area contributed by atoms with Gasteiger partial charge in [0.1, 0.15) is 0 Å². The van der Waals surface area contributed by atoms with E-state index < -0.39 is 0 Å². The Labute approximate surface area is 130 Å². The van der Waals surface area contributed by atoms with Crippen molar-refractivity contribution in [3.63, 3.8) is 0 Å². The van der Waals surface area contributed by atoms with E-state index in [1.807, 2.05) is 6.07 Å². The maximum absolute atomic E-state index is 6.28. The van der Waals surface area contributed by atoms with Crippen molar-refractivity contribution in [3.8, 4) is 0 Å². The minimum atomic E-state index is 0.151. The van der Waals surface area contributed by atoms with Crippen LogP contribution in [-0.4, -0.2) is 6.04 Å². The van der Waals surface area contributed by atoms with Crippen LogP contribution in [0.1, 0.15) is 36.5 Å². The van der Waals surface area contributed by atoms with Crippen molar-refractivity contribution in [1.29, 1.82) is 0 Å². The molecule has 2 aromatic carbocycles. The van der Waals surface area contributed by atoms with E-state index in [1.54, 1.807) is 0 Å². The van der Waals surface area contributed by atoms with Gasteiger partial charge in [-0.1, -0.05) is 72.2 Å². The second kappa shape index (κ2) is 7.05. The highest BCUT2D eigenvalue weighted by molar-refractivity contribution is 9.10. The van der Waals surface area contributed by atoms with Gasteiger partial charge in [-0.05, 0) is 41.5 Å². The van der Waals surface area contributed by atoms with Gasteiger partial charge in [-0.15, -0.1) is 0 Å². The standard InChI is InChI=1S/C18H22BrN/c1-13(2)15-9-7-14(8-10-15)11-17(20)12-16-5-3-4-6-18(16)19/h3-10,13,17H,11-12,20H2,1-2H3. The van der Waals surface area contributed by atoms with Crippen molar-refractivity contribution in [3.05, 3.63) is 69.7 Å². The number of hydrogen-bond acceptors (Lipinski definition) is 1. The summed E-state index contributed by atoms with van der Waals surface area (Å²) in [5.74, 6) is 0.581. The van der Waals surface area contributed by atoms with E-state index in [0.29, 0.717) is 5.92 Å². The monoisotopic (exact) mass is 331 g/mol. The van der Waals surface area contributed by atoms with Gasteiger partial charge in [0.15, 0.2) is 0 Å². The van der Waals surface area contributed by atoms with Crippen LogP contribution in [0.5, 0.6) is 0 Å². The SMILES string of the molecule is CC(C)c1ccc(CC(N)Cc2ccccc2Br)cc1. The van der Waals surface area contributed by atoms with Crippen LogP contribution in [0.2, 0.25) is 0 Å². The van der Waals surface area contributed by atoms with Crippen molar-refractivity contribution < 1.29 is 0 Å². The summed E-state index contributed by atoms with van der Waals surface area (Å²) in [5, 5.41) is 0. The largest absolute Gasteiger partial charge is 0.327 e. The Bertz CT molecular complexity index is 546. The molecule has 2 N–H and O–H groups in total. The van der Waals surface area contributed by atoms with Crippen LogP contribution in [-0.2, 0) is 12.8 Å². The quantitative estimate of drug-likeness (QED) is 0.845. The van der Waals surface area contributed by atoms with Crippen molar-refractivity contribution in [1.82, 2.24) is 0 Å². The summed E-state index contributed by atoms with van der Waals surface area (Å²) in [7, 11) is 0. The minimum absolute atomic E-state index is 0.151. The van der Waals surface area contributed by atoms with Gasteiger partial charge in [-0.2, -0.15) is 0 Å². The van der Waals surface area contributed by atoms with Gasteiger partial charge in [-0.25, -0.2) is 0 Å². The average molecular weight is 332 g/mol. The maximum atomic E-state index is 6.28. The van der Waals surface area contributed by atoms with Crippen molar-refractivity contribution in [2.24, 2.45) is 5.73 Å². The summed E-state index contributed by atoms with van der Waals surface area (Å²) < 4.78 is 1.14. The first-order valence-electron chi connectivity index (χ1n) is 7.14. The lowest BCUT2D eigenvalue weighted by molar-refractivity contribution is 0.663. The molecule has 1 nitrogen and oxygen atoms in total. The fourth-order valence-corrected chi connectivity index (χ4v) is 2.81. The maximum Gasteiger partial charge on any atom is 0.0207 e. The normalized spacial score (nSPS) is 12.7. The van der Waals surface area contributed by atoms with Crippen LogP contribution < -0.4 is 5.73 Å². The van der Waals surface area contributed by atoms with Gasteiger partial charge >= 0.3 is 0 Å². The van der Waals surface area contributed by atoms with Crippen LogP contribution in [0.25, 0.3) is 0 Å². The predicted octanol–water partition coefficient (Wildman–Crippen LogP) is 4.69. The van der Waals surface area contributed by atoms with Gasteiger partial charge in [0.05, 0.1) is 0 Å². The highest BCUT2D eigenvalue weighted by atomic mass is 79.9.